The van der Waals surface area contributed by atoms with E-state index in [1.165, 1.54) is 0 Å². The van der Waals surface area contributed by atoms with Crippen molar-refractivity contribution in [3.05, 3.63) is 91.2 Å². The number of aromatic nitrogens is 2. The van der Waals surface area contributed by atoms with Crippen molar-refractivity contribution >= 4 is 36.1 Å². The smallest absolute Gasteiger partial charge is 0.128 e. The Hall–Kier alpha value is -5.26. The molecule has 0 spiro atoms. The molecule has 2 aromatic heterocycles. The van der Waals surface area contributed by atoms with Gasteiger partial charge in [-0.2, -0.15) is 21.0 Å². The minimum atomic E-state index is 0.0431. The Morgan fingerprint density at radius 1 is 0.575 bits per heavy atom. The highest BCUT2D eigenvalue weighted by atomic mass is 32.1. The van der Waals surface area contributed by atoms with Gasteiger partial charge in [-0.3, -0.25) is 9.13 Å². The standard InChI is InChI=1S/C30H20N8S2/c1-17-3-7-19(8-4-17)25-21(11-31)27-35-15-38-28(36-16-37(27)29(39)23(25)13-33)22(12-32)26(24(14-34)30(38)40)20-9-5-18(2)6-10-20/h3-10,35-36H,15-16H2,1-2H3. The van der Waals surface area contributed by atoms with Crippen LogP contribution in [0.3, 0.4) is 0 Å². The monoisotopic (exact) mass is 556 g/mol. The van der Waals surface area contributed by atoms with Crippen molar-refractivity contribution in [3.63, 3.8) is 0 Å². The van der Waals surface area contributed by atoms with Crippen molar-refractivity contribution in [2.75, 3.05) is 10.6 Å². The number of nitriles is 4. The number of pyridine rings is 2. The molecule has 4 aromatic rings. The SMILES string of the molecule is Cc1ccc(-c2c(C#N)c3n(c(=S)c2C#N)CNc2c(C#N)c(-c4ccc(C)cc4)c(C#N)c(=S)n2CN3)cc1. The molecule has 0 radical (unpaired) electrons. The van der Waals surface area contributed by atoms with Gasteiger partial charge in [0.25, 0.3) is 0 Å². The first-order valence-electron chi connectivity index (χ1n) is 12.2. The van der Waals surface area contributed by atoms with Gasteiger partial charge in [-0.15, -0.1) is 0 Å². The van der Waals surface area contributed by atoms with E-state index in [0.29, 0.717) is 33.9 Å². The summed E-state index contributed by atoms with van der Waals surface area (Å²) in [5.41, 5.74) is 5.30. The van der Waals surface area contributed by atoms with E-state index in [1.54, 1.807) is 9.13 Å². The molecule has 5 rings (SSSR count). The van der Waals surface area contributed by atoms with Crippen molar-refractivity contribution in [3.8, 4) is 46.5 Å². The van der Waals surface area contributed by atoms with Crippen LogP contribution < -0.4 is 10.6 Å². The highest BCUT2D eigenvalue weighted by Crippen LogP contribution is 2.37. The highest BCUT2D eigenvalue weighted by Gasteiger charge is 2.26. The van der Waals surface area contributed by atoms with E-state index < -0.39 is 0 Å². The van der Waals surface area contributed by atoms with E-state index >= 15 is 0 Å². The Bertz CT molecular complexity index is 1840. The molecule has 0 aliphatic carbocycles. The minimum Gasteiger partial charge on any atom is -0.352 e. The maximum absolute atomic E-state index is 10.3. The Labute approximate surface area is 241 Å². The van der Waals surface area contributed by atoms with E-state index in [1.807, 2.05) is 62.4 Å². The fourth-order valence-electron chi connectivity index (χ4n) is 4.86. The summed E-state index contributed by atoms with van der Waals surface area (Å²) in [7, 11) is 0. The molecule has 0 atom stereocenters. The summed E-state index contributed by atoms with van der Waals surface area (Å²) in [6.45, 7) is 4.00. The van der Waals surface area contributed by atoms with Gasteiger partial charge in [0.2, 0.25) is 0 Å². The Morgan fingerprint density at radius 2 is 0.900 bits per heavy atom. The summed E-state index contributed by atoms with van der Waals surface area (Å²) in [4.78, 5) is 0. The van der Waals surface area contributed by atoms with E-state index in [0.717, 1.165) is 11.1 Å². The van der Waals surface area contributed by atoms with Gasteiger partial charge >= 0.3 is 0 Å². The Morgan fingerprint density at radius 3 is 1.20 bits per heavy atom. The third-order valence-electron chi connectivity index (χ3n) is 6.87. The molecule has 2 aromatic carbocycles. The lowest BCUT2D eigenvalue weighted by Crippen LogP contribution is -2.27. The fourth-order valence-corrected chi connectivity index (χ4v) is 5.47. The van der Waals surface area contributed by atoms with Gasteiger partial charge in [-0.05, 0) is 25.0 Å². The van der Waals surface area contributed by atoms with Crippen LogP contribution in [0.4, 0.5) is 11.6 Å². The third kappa shape index (κ3) is 4.19. The maximum atomic E-state index is 10.3. The molecule has 0 amide bonds. The van der Waals surface area contributed by atoms with Crippen LogP contribution in [0, 0.1) is 68.5 Å². The van der Waals surface area contributed by atoms with Gasteiger partial charge < -0.3 is 10.6 Å². The zero-order valence-electron chi connectivity index (χ0n) is 21.5. The predicted molar refractivity (Wildman–Crippen MR) is 157 cm³/mol. The molecule has 0 saturated heterocycles. The van der Waals surface area contributed by atoms with Crippen LogP contribution in [0.25, 0.3) is 22.3 Å². The van der Waals surface area contributed by atoms with Gasteiger partial charge in [-0.1, -0.05) is 84.1 Å². The fraction of sp³-hybridized carbons (Fsp3) is 0.133. The van der Waals surface area contributed by atoms with Gasteiger partial charge in [0.05, 0.1) is 24.5 Å². The molecule has 0 fully saturated rings. The van der Waals surface area contributed by atoms with E-state index in [-0.39, 0.29) is 44.9 Å². The van der Waals surface area contributed by atoms with E-state index in [4.69, 9.17) is 24.4 Å². The van der Waals surface area contributed by atoms with Gasteiger partial charge in [0.15, 0.2) is 0 Å². The van der Waals surface area contributed by atoms with Gasteiger partial charge in [0, 0.05) is 11.1 Å². The van der Waals surface area contributed by atoms with Gasteiger partial charge in [-0.25, -0.2) is 0 Å². The Balaban J connectivity index is 1.75. The quantitative estimate of drug-likeness (QED) is 0.263. The molecule has 0 unspecified atom stereocenters. The van der Waals surface area contributed by atoms with E-state index in [2.05, 4.69) is 34.9 Å². The average molecular weight is 557 g/mol. The lowest BCUT2D eigenvalue weighted by atomic mass is 9.95. The van der Waals surface area contributed by atoms with Crippen molar-refractivity contribution in [1.29, 1.82) is 21.0 Å². The summed E-state index contributed by atoms with van der Waals surface area (Å²) >= 11 is 11.5. The molecule has 8 nitrogen and oxygen atoms in total. The maximum Gasteiger partial charge on any atom is 0.128 e. The molecule has 3 heterocycles. The molecule has 1 aliphatic heterocycles. The summed E-state index contributed by atoms with van der Waals surface area (Å²) < 4.78 is 3.76. The molecule has 10 heteroatoms. The number of anilines is 2. The zero-order chi connectivity index (χ0) is 28.6. The normalized spacial score (nSPS) is 11.6. The first kappa shape index (κ1) is 26.4. The largest absolute Gasteiger partial charge is 0.352 e. The molecule has 192 valence electrons. The summed E-state index contributed by atoms with van der Waals surface area (Å²) in [6.07, 6.45) is 0. The number of hydrogen-bond donors (Lipinski definition) is 2. The van der Waals surface area contributed by atoms with Crippen LogP contribution in [0.1, 0.15) is 33.4 Å². The van der Waals surface area contributed by atoms with Crippen molar-refractivity contribution in [2.45, 2.75) is 27.2 Å². The molecule has 40 heavy (non-hydrogen) atoms. The number of benzene rings is 2. The second-order valence-electron chi connectivity index (χ2n) is 9.26. The first-order chi connectivity index (χ1) is 19.3. The molecular weight excluding hydrogens is 537 g/mol. The van der Waals surface area contributed by atoms with E-state index in [9.17, 15) is 21.0 Å². The van der Waals surface area contributed by atoms with Crippen LogP contribution in [-0.2, 0) is 13.3 Å². The van der Waals surface area contributed by atoms with Crippen molar-refractivity contribution in [1.82, 2.24) is 9.13 Å². The van der Waals surface area contributed by atoms with Crippen LogP contribution in [0.5, 0.6) is 0 Å². The van der Waals surface area contributed by atoms with Gasteiger partial charge in [0.1, 0.15) is 56.3 Å². The molecule has 1 aliphatic rings. The molecule has 0 bridgehead atoms. The number of aryl methyl sites for hydroxylation is 2. The second kappa shape index (κ2) is 10.5. The number of nitrogens with one attached hydrogen (secondary N) is 2. The van der Waals surface area contributed by atoms with Crippen LogP contribution in [0.15, 0.2) is 48.5 Å². The summed E-state index contributed by atoms with van der Waals surface area (Å²) in [5.74, 6) is 0.809. The van der Waals surface area contributed by atoms with Crippen molar-refractivity contribution < 1.29 is 0 Å². The number of fused-ring (bicyclic) bond motifs is 2. The lowest BCUT2D eigenvalue weighted by Gasteiger charge is -2.28. The lowest BCUT2D eigenvalue weighted by molar-refractivity contribution is 0.671. The predicted octanol–water partition coefficient (Wildman–Crippen LogP) is 6.64. The first-order valence-corrected chi connectivity index (χ1v) is 13.0. The second-order valence-corrected chi connectivity index (χ2v) is 10.0. The topological polar surface area (TPSA) is 129 Å². The third-order valence-corrected chi connectivity index (χ3v) is 7.72. The number of rotatable bonds is 2. The zero-order valence-corrected chi connectivity index (χ0v) is 23.2. The Kier molecular flexibility index (Phi) is 6.91. The minimum absolute atomic E-state index is 0.0431. The molecule has 0 saturated carbocycles. The summed E-state index contributed by atoms with van der Waals surface area (Å²) in [5, 5.41) is 47.3. The highest BCUT2D eigenvalue weighted by molar-refractivity contribution is 7.71. The number of nitrogens with zero attached hydrogens (tertiary/aromatic N) is 6. The molecular formula is C30H20N8S2. The van der Waals surface area contributed by atoms with Crippen molar-refractivity contribution in [2.24, 2.45) is 0 Å². The van der Waals surface area contributed by atoms with Crippen LogP contribution in [0.2, 0.25) is 0 Å². The summed E-state index contributed by atoms with van der Waals surface area (Å²) in [6, 6.07) is 24.0. The van der Waals surface area contributed by atoms with Crippen LogP contribution in [-0.4, -0.2) is 9.13 Å². The number of hydrogen-bond acceptors (Lipinski definition) is 8. The van der Waals surface area contributed by atoms with Crippen LogP contribution >= 0.6 is 24.4 Å². The average Bonchev–Trinajstić information content (AvgIpc) is 2.95. The molecule has 2 N–H and O–H groups in total.